The van der Waals surface area contributed by atoms with Gasteiger partial charge in [-0.1, -0.05) is 11.6 Å². The fourth-order valence-electron chi connectivity index (χ4n) is 1.72. The van der Waals surface area contributed by atoms with Crippen molar-refractivity contribution in [3.8, 4) is 5.75 Å². The molecule has 0 atom stereocenters. The Bertz CT molecular complexity index is 526. The number of nitrogens with one attached hydrogen (secondary N) is 2. The number of halogens is 1. The molecule has 0 fully saturated rings. The quantitative estimate of drug-likeness (QED) is 0.701. The zero-order valence-electron chi connectivity index (χ0n) is 14.4. The Morgan fingerprint density at radius 2 is 1.71 bits per heavy atom. The maximum atomic E-state index is 11.6. The molecular weight excluding hydrogens is 332 g/mol. The van der Waals surface area contributed by atoms with Crippen LogP contribution >= 0.6 is 11.6 Å². The first kappa shape index (κ1) is 20.1. The van der Waals surface area contributed by atoms with Gasteiger partial charge in [0.05, 0.1) is 6.61 Å². The Morgan fingerprint density at radius 3 is 2.33 bits per heavy atom. The number of hydrogen-bond donors (Lipinski definition) is 2. The van der Waals surface area contributed by atoms with Crippen molar-refractivity contribution < 1.29 is 19.1 Å². The predicted molar refractivity (Wildman–Crippen MR) is 93.4 cm³/mol. The lowest BCUT2D eigenvalue weighted by Gasteiger charge is -2.19. The topological polar surface area (TPSA) is 76.7 Å². The summed E-state index contributed by atoms with van der Waals surface area (Å²) in [4.78, 5) is 23.0. The van der Waals surface area contributed by atoms with Gasteiger partial charge in [0.1, 0.15) is 11.4 Å². The molecule has 2 N–H and O–H groups in total. The Hall–Kier alpha value is -1.95. The van der Waals surface area contributed by atoms with Crippen molar-refractivity contribution >= 4 is 23.6 Å². The lowest BCUT2D eigenvalue weighted by molar-refractivity contribution is -0.121. The third-order valence-electron chi connectivity index (χ3n) is 2.75. The van der Waals surface area contributed by atoms with Crippen LogP contribution in [0.2, 0.25) is 5.02 Å². The molecule has 0 aliphatic heterocycles. The van der Waals surface area contributed by atoms with Crippen LogP contribution in [0.4, 0.5) is 4.79 Å². The Morgan fingerprint density at radius 1 is 1.08 bits per heavy atom. The van der Waals surface area contributed by atoms with Crippen molar-refractivity contribution in [1.29, 1.82) is 0 Å². The standard InChI is InChI=1S/C17H25ClN2O4/c1-17(2,3)24-16(22)20-11-10-19-15(21)5-4-12-23-14-8-6-13(18)7-9-14/h6-9H,4-5,10-12H2,1-3H3,(H,19,21)(H,20,22). The molecule has 0 spiro atoms. The van der Waals surface area contributed by atoms with Gasteiger partial charge in [0.25, 0.3) is 0 Å². The molecule has 0 unspecified atom stereocenters. The summed E-state index contributed by atoms with van der Waals surface area (Å²) in [5.41, 5.74) is -0.530. The fourth-order valence-corrected chi connectivity index (χ4v) is 1.85. The summed E-state index contributed by atoms with van der Waals surface area (Å²) < 4.78 is 10.6. The van der Waals surface area contributed by atoms with Crippen LogP contribution in [0.3, 0.4) is 0 Å². The van der Waals surface area contributed by atoms with Crippen LogP contribution in [-0.2, 0) is 9.53 Å². The van der Waals surface area contributed by atoms with Gasteiger partial charge in [0.2, 0.25) is 5.91 Å². The summed E-state index contributed by atoms with van der Waals surface area (Å²) in [6.45, 7) is 6.50. The minimum absolute atomic E-state index is 0.0827. The van der Waals surface area contributed by atoms with E-state index in [0.29, 0.717) is 37.6 Å². The number of alkyl carbamates (subject to hydrolysis) is 1. The van der Waals surface area contributed by atoms with E-state index in [4.69, 9.17) is 21.1 Å². The molecule has 0 aromatic heterocycles. The molecule has 2 amide bonds. The van der Waals surface area contributed by atoms with E-state index in [9.17, 15) is 9.59 Å². The average molecular weight is 357 g/mol. The van der Waals surface area contributed by atoms with Crippen molar-refractivity contribution in [2.24, 2.45) is 0 Å². The largest absolute Gasteiger partial charge is 0.494 e. The molecule has 0 heterocycles. The van der Waals surface area contributed by atoms with Crippen molar-refractivity contribution in [2.45, 2.75) is 39.2 Å². The first-order valence-electron chi connectivity index (χ1n) is 7.88. The van der Waals surface area contributed by atoms with E-state index in [1.807, 2.05) is 0 Å². The molecule has 0 aliphatic rings. The predicted octanol–water partition coefficient (Wildman–Crippen LogP) is 3.14. The molecule has 7 heteroatoms. The molecule has 134 valence electrons. The van der Waals surface area contributed by atoms with Gasteiger partial charge in [-0.25, -0.2) is 4.79 Å². The van der Waals surface area contributed by atoms with Gasteiger partial charge >= 0.3 is 6.09 Å². The molecule has 6 nitrogen and oxygen atoms in total. The summed E-state index contributed by atoms with van der Waals surface area (Å²) in [6.07, 6.45) is 0.474. The second-order valence-corrected chi connectivity index (χ2v) is 6.62. The van der Waals surface area contributed by atoms with Crippen LogP contribution in [0.25, 0.3) is 0 Å². The van der Waals surface area contributed by atoms with Gasteiger partial charge in [-0.05, 0) is 51.5 Å². The van der Waals surface area contributed by atoms with E-state index < -0.39 is 11.7 Å². The molecule has 0 radical (unpaired) electrons. The SMILES string of the molecule is CC(C)(C)OC(=O)NCCNC(=O)CCCOc1ccc(Cl)cc1. The van der Waals surface area contributed by atoms with Crippen molar-refractivity contribution in [3.63, 3.8) is 0 Å². The minimum Gasteiger partial charge on any atom is -0.494 e. The maximum Gasteiger partial charge on any atom is 0.407 e. The van der Waals surface area contributed by atoms with Gasteiger partial charge in [-0.3, -0.25) is 4.79 Å². The van der Waals surface area contributed by atoms with E-state index in [-0.39, 0.29) is 5.91 Å². The van der Waals surface area contributed by atoms with Crippen molar-refractivity contribution in [2.75, 3.05) is 19.7 Å². The maximum absolute atomic E-state index is 11.6. The van der Waals surface area contributed by atoms with Gasteiger partial charge in [0, 0.05) is 24.5 Å². The summed E-state index contributed by atoms with van der Waals surface area (Å²) in [6, 6.07) is 7.07. The van der Waals surface area contributed by atoms with E-state index >= 15 is 0 Å². The van der Waals surface area contributed by atoms with Gasteiger partial charge in [-0.2, -0.15) is 0 Å². The fraction of sp³-hybridized carbons (Fsp3) is 0.529. The van der Waals surface area contributed by atoms with Crippen molar-refractivity contribution in [1.82, 2.24) is 10.6 Å². The molecule has 24 heavy (non-hydrogen) atoms. The van der Waals surface area contributed by atoms with Gasteiger partial charge in [-0.15, -0.1) is 0 Å². The number of rotatable bonds is 8. The van der Waals surface area contributed by atoms with E-state index in [2.05, 4.69) is 10.6 Å². The molecule has 0 bridgehead atoms. The van der Waals surface area contributed by atoms with E-state index in [1.54, 1.807) is 45.0 Å². The summed E-state index contributed by atoms with van der Waals surface area (Å²) in [5, 5.41) is 5.96. The smallest absolute Gasteiger partial charge is 0.407 e. The third-order valence-corrected chi connectivity index (χ3v) is 3.00. The minimum atomic E-state index is -0.530. The average Bonchev–Trinajstić information content (AvgIpc) is 2.48. The Kier molecular flexibility index (Phi) is 8.40. The van der Waals surface area contributed by atoms with Crippen molar-refractivity contribution in [3.05, 3.63) is 29.3 Å². The van der Waals surface area contributed by atoms with Crippen LogP contribution in [0, 0.1) is 0 Å². The zero-order chi connectivity index (χ0) is 18.0. The van der Waals surface area contributed by atoms with E-state index in [1.165, 1.54) is 0 Å². The zero-order valence-corrected chi connectivity index (χ0v) is 15.1. The molecule has 1 rings (SSSR count). The normalized spacial score (nSPS) is 10.8. The lowest BCUT2D eigenvalue weighted by Crippen LogP contribution is -2.37. The van der Waals surface area contributed by atoms with Crippen LogP contribution in [0.15, 0.2) is 24.3 Å². The molecule has 1 aromatic rings. The highest BCUT2D eigenvalue weighted by atomic mass is 35.5. The van der Waals surface area contributed by atoms with Gasteiger partial charge in [0.15, 0.2) is 0 Å². The van der Waals surface area contributed by atoms with Crippen LogP contribution in [-0.4, -0.2) is 37.3 Å². The van der Waals surface area contributed by atoms with Gasteiger partial charge < -0.3 is 20.1 Å². The summed E-state index contributed by atoms with van der Waals surface area (Å²) >= 11 is 5.78. The first-order valence-corrected chi connectivity index (χ1v) is 8.26. The molecule has 0 aliphatic carbocycles. The number of ether oxygens (including phenoxy) is 2. The van der Waals surface area contributed by atoms with Crippen LogP contribution in [0.1, 0.15) is 33.6 Å². The summed E-state index contributed by atoms with van der Waals surface area (Å²) in [5.74, 6) is 0.641. The highest BCUT2D eigenvalue weighted by Gasteiger charge is 2.15. The summed E-state index contributed by atoms with van der Waals surface area (Å²) in [7, 11) is 0. The number of carbonyl (C=O) groups excluding carboxylic acids is 2. The Balaban J connectivity index is 2.04. The Labute approximate surface area is 147 Å². The number of benzene rings is 1. The second-order valence-electron chi connectivity index (χ2n) is 6.18. The number of carbonyl (C=O) groups is 2. The van der Waals surface area contributed by atoms with Crippen LogP contribution in [0.5, 0.6) is 5.75 Å². The monoisotopic (exact) mass is 356 g/mol. The van der Waals surface area contributed by atoms with E-state index in [0.717, 1.165) is 5.75 Å². The highest BCUT2D eigenvalue weighted by molar-refractivity contribution is 6.30. The molecule has 1 aromatic carbocycles. The van der Waals surface area contributed by atoms with Crippen LogP contribution < -0.4 is 15.4 Å². The third kappa shape index (κ3) is 9.94. The number of hydrogen-bond acceptors (Lipinski definition) is 4. The molecule has 0 saturated carbocycles. The number of amides is 2. The molecule has 0 saturated heterocycles. The highest BCUT2D eigenvalue weighted by Crippen LogP contribution is 2.15. The second kappa shape index (κ2) is 10.0. The molecular formula is C17H25ClN2O4. The first-order chi connectivity index (χ1) is 11.3. The lowest BCUT2D eigenvalue weighted by atomic mass is 10.2.